The number of carbonyl (C=O) groups is 1. The molecule has 1 fully saturated rings. The predicted molar refractivity (Wildman–Crippen MR) is 73.3 cm³/mol. The van der Waals surface area contributed by atoms with Crippen LogP contribution in [-0.2, 0) is 4.79 Å². The highest BCUT2D eigenvalue weighted by atomic mass is 16.3. The Hall–Kier alpha value is -0.610. The fourth-order valence-electron chi connectivity index (χ4n) is 2.21. The molecule has 1 heterocycles. The van der Waals surface area contributed by atoms with E-state index in [-0.39, 0.29) is 5.91 Å². The fraction of sp³-hybridized carbons (Fsp3) is 0.929. The molecule has 1 aliphatic heterocycles. The zero-order valence-corrected chi connectivity index (χ0v) is 12.3. The number of amides is 1. The summed E-state index contributed by atoms with van der Waals surface area (Å²) in [4.78, 5) is 12.4. The van der Waals surface area contributed by atoms with Gasteiger partial charge in [-0.25, -0.2) is 0 Å². The first-order valence-corrected chi connectivity index (χ1v) is 6.89. The molecule has 0 radical (unpaired) electrons. The Morgan fingerprint density at radius 2 is 2.00 bits per heavy atom. The highest BCUT2D eigenvalue weighted by Gasteiger charge is 2.40. The van der Waals surface area contributed by atoms with E-state index >= 15 is 0 Å². The molecule has 4 nitrogen and oxygen atoms in total. The smallest absolute Gasteiger partial charge is 0.226 e. The average molecular weight is 256 g/mol. The molecule has 0 saturated carbocycles. The van der Waals surface area contributed by atoms with Gasteiger partial charge in [-0.2, -0.15) is 0 Å². The lowest BCUT2D eigenvalue weighted by atomic mass is 9.74. The third kappa shape index (κ3) is 3.45. The molecule has 4 heteroatoms. The largest absolute Gasteiger partial charge is 0.391 e. The van der Waals surface area contributed by atoms with Crippen LogP contribution >= 0.6 is 0 Å². The van der Waals surface area contributed by atoms with Crippen LogP contribution in [0.25, 0.3) is 0 Å². The zero-order chi connectivity index (χ0) is 14.0. The normalized spacial score (nSPS) is 23.6. The minimum Gasteiger partial charge on any atom is -0.391 e. The molecule has 0 bridgehead atoms. The first-order chi connectivity index (χ1) is 8.18. The average Bonchev–Trinajstić information content (AvgIpc) is 2.29. The van der Waals surface area contributed by atoms with Gasteiger partial charge >= 0.3 is 0 Å². The van der Waals surface area contributed by atoms with Crippen LogP contribution < -0.4 is 10.6 Å². The molecule has 1 saturated heterocycles. The van der Waals surface area contributed by atoms with Gasteiger partial charge in [-0.15, -0.1) is 0 Å². The third-order valence-electron chi connectivity index (χ3n) is 4.38. The lowest BCUT2D eigenvalue weighted by molar-refractivity contribution is -0.135. The third-order valence-corrected chi connectivity index (χ3v) is 4.38. The second-order valence-corrected chi connectivity index (χ2v) is 6.62. The second-order valence-electron chi connectivity index (χ2n) is 6.62. The lowest BCUT2D eigenvalue weighted by Gasteiger charge is -2.39. The topological polar surface area (TPSA) is 61.4 Å². The molecule has 0 aromatic rings. The summed E-state index contributed by atoms with van der Waals surface area (Å²) >= 11 is 0. The quantitative estimate of drug-likeness (QED) is 0.710. The van der Waals surface area contributed by atoms with Crippen molar-refractivity contribution in [3.8, 4) is 0 Å². The molecule has 106 valence electrons. The summed E-state index contributed by atoms with van der Waals surface area (Å²) in [6.07, 6.45) is 1.64. The van der Waals surface area contributed by atoms with Crippen molar-refractivity contribution in [2.75, 3.05) is 13.1 Å². The Morgan fingerprint density at radius 3 is 2.44 bits per heavy atom. The molecule has 1 rings (SSSR count). The number of aliphatic hydroxyl groups is 1. The van der Waals surface area contributed by atoms with E-state index in [9.17, 15) is 9.90 Å². The highest BCUT2D eigenvalue weighted by Crippen LogP contribution is 2.32. The van der Waals surface area contributed by atoms with Crippen LogP contribution in [0, 0.1) is 11.3 Å². The van der Waals surface area contributed by atoms with E-state index in [2.05, 4.69) is 10.6 Å². The van der Waals surface area contributed by atoms with E-state index < -0.39 is 17.1 Å². The molecule has 2 atom stereocenters. The van der Waals surface area contributed by atoms with Gasteiger partial charge in [0, 0.05) is 5.41 Å². The Kier molecular flexibility index (Phi) is 4.78. The van der Waals surface area contributed by atoms with Crippen LogP contribution in [0.15, 0.2) is 0 Å². The van der Waals surface area contributed by atoms with Crippen LogP contribution in [0.4, 0.5) is 0 Å². The molecule has 0 aliphatic carbocycles. The van der Waals surface area contributed by atoms with Gasteiger partial charge in [0.1, 0.15) is 0 Å². The molecule has 2 unspecified atom stereocenters. The number of aliphatic hydroxyl groups excluding tert-OH is 1. The molecule has 1 aliphatic rings. The van der Waals surface area contributed by atoms with Crippen molar-refractivity contribution < 1.29 is 9.90 Å². The van der Waals surface area contributed by atoms with Crippen molar-refractivity contribution in [3.05, 3.63) is 0 Å². The van der Waals surface area contributed by atoms with E-state index in [4.69, 9.17) is 0 Å². The maximum Gasteiger partial charge on any atom is 0.226 e. The van der Waals surface area contributed by atoms with Crippen LogP contribution in [0.2, 0.25) is 0 Å². The highest BCUT2D eigenvalue weighted by molar-refractivity contribution is 5.83. The van der Waals surface area contributed by atoms with Gasteiger partial charge in [-0.1, -0.05) is 13.8 Å². The Labute approximate surface area is 111 Å². The molecule has 0 aromatic carbocycles. The van der Waals surface area contributed by atoms with Crippen molar-refractivity contribution in [3.63, 3.8) is 0 Å². The minimum absolute atomic E-state index is 0.0297. The maximum atomic E-state index is 12.4. The van der Waals surface area contributed by atoms with Crippen molar-refractivity contribution in [2.24, 2.45) is 11.3 Å². The van der Waals surface area contributed by atoms with Gasteiger partial charge in [0.2, 0.25) is 5.91 Å². The Morgan fingerprint density at radius 1 is 1.39 bits per heavy atom. The van der Waals surface area contributed by atoms with Crippen LogP contribution in [0.1, 0.15) is 47.5 Å². The predicted octanol–water partition coefficient (Wildman–Crippen LogP) is 1.29. The molecule has 0 aromatic heterocycles. The summed E-state index contributed by atoms with van der Waals surface area (Å²) in [5.74, 6) is 0.387. The summed E-state index contributed by atoms with van der Waals surface area (Å²) in [5, 5.41) is 16.0. The second kappa shape index (κ2) is 5.57. The molecule has 1 amide bonds. The van der Waals surface area contributed by atoms with Gasteiger partial charge < -0.3 is 15.7 Å². The van der Waals surface area contributed by atoms with E-state index in [1.54, 1.807) is 6.92 Å². The fourth-order valence-corrected chi connectivity index (χ4v) is 2.21. The number of rotatable bonds is 4. The van der Waals surface area contributed by atoms with Gasteiger partial charge in [0.05, 0.1) is 11.6 Å². The van der Waals surface area contributed by atoms with Crippen molar-refractivity contribution in [1.29, 1.82) is 0 Å². The minimum atomic E-state index is -0.587. The summed E-state index contributed by atoms with van der Waals surface area (Å²) in [6.45, 7) is 11.4. The number of carbonyl (C=O) groups excluding carboxylic acids is 1. The molecule has 18 heavy (non-hydrogen) atoms. The molecule has 0 spiro atoms. The maximum absolute atomic E-state index is 12.4. The summed E-state index contributed by atoms with van der Waals surface area (Å²) in [6, 6.07) is 0. The zero-order valence-electron chi connectivity index (χ0n) is 12.3. The van der Waals surface area contributed by atoms with Gasteiger partial charge in [-0.05, 0) is 52.6 Å². The summed E-state index contributed by atoms with van der Waals surface area (Å²) < 4.78 is 0. The van der Waals surface area contributed by atoms with Crippen molar-refractivity contribution >= 4 is 5.91 Å². The standard InChI is InChI=1S/C14H28N2O2/c1-10(17)14(4,5)16-12(18)13(2,3)11-7-6-8-15-9-11/h10-11,15,17H,6-9H2,1-5H3,(H,16,18). The Balaban J connectivity index is 2.69. The van der Waals surface area contributed by atoms with Crippen molar-refractivity contribution in [1.82, 2.24) is 10.6 Å². The SMILES string of the molecule is CC(O)C(C)(C)NC(=O)C(C)(C)C1CCCNC1. The monoisotopic (exact) mass is 256 g/mol. The number of nitrogens with one attached hydrogen (secondary N) is 2. The first-order valence-electron chi connectivity index (χ1n) is 6.89. The molecule has 3 N–H and O–H groups in total. The van der Waals surface area contributed by atoms with E-state index in [0.29, 0.717) is 5.92 Å². The molecular weight excluding hydrogens is 228 g/mol. The van der Waals surface area contributed by atoms with Gasteiger partial charge in [0.15, 0.2) is 0 Å². The number of hydrogen-bond donors (Lipinski definition) is 3. The van der Waals surface area contributed by atoms with Gasteiger partial charge in [-0.3, -0.25) is 4.79 Å². The first kappa shape index (κ1) is 15.4. The number of piperidine rings is 1. The van der Waals surface area contributed by atoms with Crippen molar-refractivity contribution in [2.45, 2.75) is 59.1 Å². The van der Waals surface area contributed by atoms with Crippen LogP contribution in [0.5, 0.6) is 0 Å². The summed E-state index contributed by atoms with van der Waals surface area (Å²) in [5.41, 5.74) is -0.990. The summed E-state index contributed by atoms with van der Waals surface area (Å²) in [7, 11) is 0. The van der Waals surface area contributed by atoms with E-state index in [1.807, 2.05) is 27.7 Å². The van der Waals surface area contributed by atoms with Crippen LogP contribution in [0.3, 0.4) is 0 Å². The van der Waals surface area contributed by atoms with E-state index in [1.165, 1.54) is 0 Å². The van der Waals surface area contributed by atoms with E-state index in [0.717, 1.165) is 25.9 Å². The molecular formula is C14H28N2O2. The Bertz CT molecular complexity index is 292. The van der Waals surface area contributed by atoms with Crippen LogP contribution in [-0.4, -0.2) is 35.7 Å². The van der Waals surface area contributed by atoms with Gasteiger partial charge in [0.25, 0.3) is 0 Å². The number of hydrogen-bond acceptors (Lipinski definition) is 3. The lowest BCUT2D eigenvalue weighted by Crippen LogP contribution is -2.57.